The molecule has 1 rings (SSSR count). The number of rotatable bonds is 5. The Bertz CT molecular complexity index is 445. The molecule has 1 aromatic rings. The average molecular weight is 269 g/mol. The van der Waals surface area contributed by atoms with Gasteiger partial charge in [0.15, 0.2) is 0 Å². The normalized spacial score (nSPS) is 14.8. The Morgan fingerprint density at radius 1 is 1.42 bits per heavy atom. The lowest BCUT2D eigenvalue weighted by Gasteiger charge is -2.39. The first-order chi connectivity index (χ1) is 8.79. The van der Waals surface area contributed by atoms with Crippen molar-refractivity contribution in [3.05, 3.63) is 29.8 Å². The first-order valence-electron chi connectivity index (χ1n) is 6.31. The Balaban J connectivity index is 3.22. The molecule has 0 saturated heterocycles. The highest BCUT2D eigenvalue weighted by molar-refractivity contribution is 5.77. The quantitative estimate of drug-likeness (QED) is 0.834. The van der Waals surface area contributed by atoms with Gasteiger partial charge in [-0.3, -0.25) is 9.78 Å². The molecule has 0 spiro atoms. The monoisotopic (exact) mass is 269 g/mol. The van der Waals surface area contributed by atoms with Gasteiger partial charge in [0, 0.05) is 0 Å². The molecule has 1 heterocycles. The highest BCUT2D eigenvalue weighted by atomic mass is 19.1. The van der Waals surface area contributed by atoms with Crippen molar-refractivity contribution in [3.8, 4) is 0 Å². The first-order valence-corrected chi connectivity index (χ1v) is 6.31. The molecular weight excluding hydrogens is 249 g/mol. The number of aliphatic hydroxyl groups is 1. The number of carbonyl (C=O) groups is 1. The fourth-order valence-corrected chi connectivity index (χ4v) is 2.04. The minimum atomic E-state index is -1.51. The summed E-state index contributed by atoms with van der Waals surface area (Å²) >= 11 is 0. The molecule has 0 bridgehead atoms. The van der Waals surface area contributed by atoms with Gasteiger partial charge >= 0.3 is 5.97 Å². The fourth-order valence-electron chi connectivity index (χ4n) is 2.04. The van der Waals surface area contributed by atoms with Crippen LogP contribution in [0.1, 0.15) is 39.8 Å². The van der Waals surface area contributed by atoms with Crippen molar-refractivity contribution in [2.75, 3.05) is 6.61 Å². The largest absolute Gasteiger partial charge is 0.465 e. The third kappa shape index (κ3) is 2.76. The number of halogens is 1. The second kappa shape index (κ2) is 5.65. The maximum absolute atomic E-state index is 12.9. The summed E-state index contributed by atoms with van der Waals surface area (Å²) in [6, 6.07) is 2.60. The van der Waals surface area contributed by atoms with Crippen molar-refractivity contribution in [1.29, 1.82) is 0 Å². The van der Waals surface area contributed by atoms with Gasteiger partial charge < -0.3 is 9.84 Å². The van der Waals surface area contributed by atoms with Crippen LogP contribution in [0.15, 0.2) is 18.3 Å². The molecule has 0 radical (unpaired) electrons. The van der Waals surface area contributed by atoms with Gasteiger partial charge in [0.05, 0.1) is 23.9 Å². The van der Waals surface area contributed by atoms with Crippen molar-refractivity contribution in [1.82, 2.24) is 4.98 Å². The van der Waals surface area contributed by atoms with Crippen LogP contribution in [0, 0.1) is 11.2 Å². The van der Waals surface area contributed by atoms with Crippen molar-refractivity contribution in [2.24, 2.45) is 5.41 Å². The van der Waals surface area contributed by atoms with Crippen LogP contribution in [-0.2, 0) is 15.1 Å². The van der Waals surface area contributed by atoms with E-state index in [-0.39, 0.29) is 18.7 Å². The lowest BCUT2D eigenvalue weighted by atomic mass is 9.71. The maximum atomic E-state index is 12.9. The molecule has 19 heavy (non-hydrogen) atoms. The summed E-state index contributed by atoms with van der Waals surface area (Å²) in [5.41, 5.74) is -2.43. The number of nitrogens with zero attached hydrogens (tertiary/aromatic N) is 1. The Kier molecular flexibility index (Phi) is 4.63. The molecular formula is C14H20FNO3. The predicted octanol–water partition coefficient (Wildman–Crippen LogP) is 2.41. The van der Waals surface area contributed by atoms with Gasteiger partial charge in [-0.1, -0.05) is 6.92 Å². The summed E-state index contributed by atoms with van der Waals surface area (Å²) in [4.78, 5) is 15.9. The smallest absolute Gasteiger partial charge is 0.314 e. The molecule has 0 aromatic carbocycles. The Morgan fingerprint density at radius 2 is 2.05 bits per heavy atom. The van der Waals surface area contributed by atoms with Gasteiger partial charge in [-0.05, 0) is 39.3 Å². The zero-order chi connectivity index (χ0) is 14.7. The van der Waals surface area contributed by atoms with Crippen LogP contribution < -0.4 is 0 Å². The molecule has 1 unspecified atom stereocenters. The van der Waals surface area contributed by atoms with Crippen LogP contribution in [-0.4, -0.2) is 22.7 Å². The molecule has 4 nitrogen and oxygen atoms in total. The van der Waals surface area contributed by atoms with E-state index in [9.17, 15) is 14.3 Å². The summed E-state index contributed by atoms with van der Waals surface area (Å²) in [6.07, 6.45) is 1.29. The molecule has 1 atom stereocenters. The fraction of sp³-hybridized carbons (Fsp3) is 0.571. The number of pyridine rings is 1. The van der Waals surface area contributed by atoms with Gasteiger partial charge in [-0.2, -0.15) is 0 Å². The summed E-state index contributed by atoms with van der Waals surface area (Å²) in [5.74, 6) is -0.999. The van der Waals surface area contributed by atoms with Crippen LogP contribution in [0.4, 0.5) is 4.39 Å². The van der Waals surface area contributed by atoms with Crippen LogP contribution >= 0.6 is 0 Å². The third-order valence-electron chi connectivity index (χ3n) is 3.48. The second-order valence-electron chi connectivity index (χ2n) is 4.92. The minimum absolute atomic E-state index is 0.235. The highest BCUT2D eigenvalue weighted by Crippen LogP contribution is 2.42. The van der Waals surface area contributed by atoms with E-state index in [1.165, 1.54) is 12.1 Å². The predicted molar refractivity (Wildman–Crippen MR) is 68.8 cm³/mol. The molecule has 1 N–H and O–H groups in total. The molecule has 0 aliphatic rings. The molecule has 0 fully saturated rings. The summed E-state index contributed by atoms with van der Waals surface area (Å²) < 4.78 is 17.9. The van der Waals surface area contributed by atoms with E-state index in [1.807, 2.05) is 0 Å². The molecule has 0 aliphatic carbocycles. The molecule has 0 saturated carbocycles. The Morgan fingerprint density at radius 3 is 2.47 bits per heavy atom. The van der Waals surface area contributed by atoms with Crippen LogP contribution in [0.5, 0.6) is 0 Å². The first kappa shape index (κ1) is 15.6. The molecule has 5 heteroatoms. The van der Waals surface area contributed by atoms with Gasteiger partial charge in [-0.25, -0.2) is 4.39 Å². The second-order valence-corrected chi connectivity index (χ2v) is 4.92. The Hall–Kier alpha value is -1.49. The molecule has 0 amide bonds. The van der Waals surface area contributed by atoms with Crippen molar-refractivity contribution in [3.63, 3.8) is 0 Å². The van der Waals surface area contributed by atoms with Gasteiger partial charge in [0.25, 0.3) is 0 Å². The number of carbonyl (C=O) groups excluding carboxylic acids is 1. The van der Waals surface area contributed by atoms with E-state index in [0.29, 0.717) is 0 Å². The summed E-state index contributed by atoms with van der Waals surface area (Å²) in [7, 11) is 0. The van der Waals surface area contributed by atoms with Crippen molar-refractivity contribution in [2.45, 2.75) is 39.7 Å². The van der Waals surface area contributed by atoms with Gasteiger partial charge in [0.1, 0.15) is 11.4 Å². The van der Waals surface area contributed by atoms with Crippen LogP contribution in [0.2, 0.25) is 0 Å². The van der Waals surface area contributed by atoms with Gasteiger partial charge in [0.2, 0.25) is 0 Å². The maximum Gasteiger partial charge on any atom is 0.314 e. The zero-order valence-electron chi connectivity index (χ0n) is 11.7. The highest BCUT2D eigenvalue weighted by Gasteiger charge is 2.50. The number of hydrogen-bond acceptors (Lipinski definition) is 4. The average Bonchev–Trinajstić information content (AvgIpc) is 2.38. The number of ether oxygens (including phenoxy) is 1. The molecule has 1 aromatic heterocycles. The number of aromatic nitrogens is 1. The minimum Gasteiger partial charge on any atom is -0.465 e. The standard InChI is InChI=1S/C14H20FNO3/c1-5-14(18,11-8-7-10(15)9-16-11)13(3,4)12(17)19-6-2/h7-9,18H,5-6H2,1-4H3. The van der Waals surface area contributed by atoms with E-state index in [4.69, 9.17) is 4.74 Å². The zero-order valence-corrected chi connectivity index (χ0v) is 11.7. The topological polar surface area (TPSA) is 59.4 Å². The van der Waals surface area contributed by atoms with Gasteiger partial charge in [-0.15, -0.1) is 0 Å². The van der Waals surface area contributed by atoms with Crippen molar-refractivity contribution < 1.29 is 19.0 Å². The lowest BCUT2D eigenvalue weighted by molar-refractivity contribution is -0.174. The summed E-state index contributed by atoms with van der Waals surface area (Å²) in [5, 5.41) is 10.8. The van der Waals surface area contributed by atoms with E-state index >= 15 is 0 Å². The van der Waals surface area contributed by atoms with E-state index in [1.54, 1.807) is 27.7 Å². The third-order valence-corrected chi connectivity index (χ3v) is 3.48. The van der Waals surface area contributed by atoms with E-state index in [2.05, 4.69) is 4.98 Å². The SMILES string of the molecule is CCOC(=O)C(C)(C)C(O)(CC)c1ccc(F)cn1. The van der Waals surface area contributed by atoms with E-state index < -0.39 is 22.8 Å². The summed E-state index contributed by atoms with van der Waals surface area (Å²) in [6.45, 7) is 6.87. The van der Waals surface area contributed by atoms with Crippen molar-refractivity contribution >= 4 is 5.97 Å². The molecule has 0 aliphatic heterocycles. The molecule has 106 valence electrons. The van der Waals surface area contributed by atoms with Crippen LogP contribution in [0.25, 0.3) is 0 Å². The number of hydrogen-bond donors (Lipinski definition) is 1. The number of esters is 1. The Labute approximate surface area is 112 Å². The van der Waals surface area contributed by atoms with Crippen LogP contribution in [0.3, 0.4) is 0 Å². The lowest BCUT2D eigenvalue weighted by Crippen LogP contribution is -2.48. The van der Waals surface area contributed by atoms with E-state index in [0.717, 1.165) is 6.20 Å².